The molecule has 0 aromatic heterocycles. The lowest BCUT2D eigenvalue weighted by atomic mass is 9.95. The minimum absolute atomic E-state index is 0.917. The molecule has 122 valence electrons. The monoisotopic (exact) mass is 350 g/mol. The quantitative estimate of drug-likeness (QED) is 0.298. The molecule has 0 amide bonds. The Labute approximate surface area is 151 Å². The second kappa shape index (κ2) is 4.84. The molecule has 1 heterocycles. The summed E-state index contributed by atoms with van der Waals surface area (Å²) in [6, 6.07) is 31.0. The van der Waals surface area contributed by atoms with E-state index in [1.54, 1.807) is 0 Å². The highest BCUT2D eigenvalue weighted by atomic mass is 31.2. The van der Waals surface area contributed by atoms with Crippen molar-refractivity contribution in [3.63, 3.8) is 0 Å². The summed E-state index contributed by atoms with van der Waals surface area (Å²) in [7, 11) is -2.84. The third-order valence-electron chi connectivity index (χ3n) is 5.64. The highest BCUT2D eigenvalue weighted by Gasteiger charge is 2.38. The molecule has 5 aromatic carbocycles. The van der Waals surface area contributed by atoms with Gasteiger partial charge in [-0.05, 0) is 21.5 Å². The maximum atomic E-state index is 14.5. The molecule has 0 bridgehead atoms. The fourth-order valence-electron chi connectivity index (χ4n) is 4.58. The molecule has 0 fully saturated rings. The molecular formula is C24H15OP. The number of rotatable bonds is 1. The van der Waals surface area contributed by atoms with Gasteiger partial charge >= 0.3 is 0 Å². The van der Waals surface area contributed by atoms with Crippen molar-refractivity contribution in [2.75, 3.05) is 0 Å². The van der Waals surface area contributed by atoms with E-state index in [1.807, 2.05) is 30.3 Å². The van der Waals surface area contributed by atoms with Gasteiger partial charge in [-0.1, -0.05) is 91.0 Å². The molecule has 0 radical (unpaired) electrons. The van der Waals surface area contributed by atoms with Crippen molar-refractivity contribution < 1.29 is 4.57 Å². The van der Waals surface area contributed by atoms with Crippen molar-refractivity contribution in [2.45, 2.75) is 0 Å². The summed E-state index contributed by atoms with van der Waals surface area (Å²) >= 11 is 0. The van der Waals surface area contributed by atoms with Gasteiger partial charge in [-0.3, -0.25) is 0 Å². The minimum Gasteiger partial charge on any atom is -0.309 e. The molecule has 0 unspecified atom stereocenters. The third kappa shape index (κ3) is 1.55. The lowest BCUT2D eigenvalue weighted by Crippen LogP contribution is -2.20. The highest BCUT2D eigenvalue weighted by molar-refractivity contribution is 7.86. The van der Waals surface area contributed by atoms with Crippen LogP contribution < -0.4 is 15.9 Å². The second-order valence-corrected chi connectivity index (χ2v) is 9.59. The Morgan fingerprint density at radius 2 is 0.923 bits per heavy atom. The lowest BCUT2D eigenvalue weighted by molar-refractivity contribution is 0.593. The molecule has 0 N–H and O–H groups in total. The van der Waals surface area contributed by atoms with Crippen LogP contribution in [0.2, 0.25) is 0 Å². The fraction of sp³-hybridized carbons (Fsp3) is 0. The van der Waals surface area contributed by atoms with Gasteiger partial charge in [0.2, 0.25) is 0 Å². The Morgan fingerprint density at radius 3 is 1.46 bits per heavy atom. The zero-order chi connectivity index (χ0) is 17.3. The van der Waals surface area contributed by atoms with Crippen molar-refractivity contribution in [1.29, 1.82) is 0 Å². The molecule has 0 aliphatic carbocycles. The Bertz CT molecular complexity index is 1310. The fourth-order valence-corrected chi connectivity index (χ4v) is 7.67. The molecule has 2 heteroatoms. The molecule has 0 atom stereocenters. The number of hydrogen-bond donors (Lipinski definition) is 0. The zero-order valence-electron chi connectivity index (χ0n) is 14.0. The van der Waals surface area contributed by atoms with E-state index in [0.717, 1.165) is 15.9 Å². The van der Waals surface area contributed by atoms with E-state index < -0.39 is 7.14 Å². The van der Waals surface area contributed by atoms with E-state index in [9.17, 15) is 4.57 Å². The highest BCUT2D eigenvalue weighted by Crippen LogP contribution is 2.53. The van der Waals surface area contributed by atoms with Gasteiger partial charge < -0.3 is 4.57 Å². The molecule has 1 nitrogen and oxygen atoms in total. The van der Waals surface area contributed by atoms with Crippen LogP contribution in [0.3, 0.4) is 0 Å². The smallest absolute Gasteiger partial charge is 0.172 e. The Balaban J connectivity index is 1.95. The lowest BCUT2D eigenvalue weighted by Gasteiger charge is -2.15. The van der Waals surface area contributed by atoms with Crippen LogP contribution in [0.25, 0.3) is 32.3 Å². The van der Waals surface area contributed by atoms with Crippen molar-refractivity contribution in [3.8, 4) is 0 Å². The van der Waals surface area contributed by atoms with Crippen LogP contribution in [0, 0.1) is 0 Å². The summed E-state index contributed by atoms with van der Waals surface area (Å²) in [5.41, 5.74) is 0. The van der Waals surface area contributed by atoms with Crippen molar-refractivity contribution in [3.05, 3.63) is 91.0 Å². The average Bonchev–Trinajstić information content (AvgIpc) is 2.99. The number of benzene rings is 5. The predicted molar refractivity (Wildman–Crippen MR) is 112 cm³/mol. The average molecular weight is 350 g/mol. The molecule has 26 heavy (non-hydrogen) atoms. The number of fused-ring (bicyclic) bond motifs is 3. The first-order chi connectivity index (χ1) is 12.8. The Morgan fingerprint density at radius 1 is 0.462 bits per heavy atom. The van der Waals surface area contributed by atoms with Gasteiger partial charge in [0.25, 0.3) is 0 Å². The van der Waals surface area contributed by atoms with Gasteiger partial charge in [-0.2, -0.15) is 0 Å². The van der Waals surface area contributed by atoms with Crippen molar-refractivity contribution >= 4 is 55.4 Å². The van der Waals surface area contributed by atoms with Crippen LogP contribution in [0.1, 0.15) is 0 Å². The van der Waals surface area contributed by atoms with Gasteiger partial charge in [0.05, 0.1) is 0 Å². The van der Waals surface area contributed by atoms with Crippen LogP contribution in [0.15, 0.2) is 91.0 Å². The molecule has 0 saturated carbocycles. The molecule has 1 aliphatic heterocycles. The van der Waals surface area contributed by atoms with Gasteiger partial charge in [-0.15, -0.1) is 0 Å². The molecule has 0 saturated heterocycles. The van der Waals surface area contributed by atoms with E-state index >= 15 is 0 Å². The normalized spacial score (nSPS) is 14.6. The predicted octanol–water partition coefficient (Wildman–Crippen LogP) is 5.10. The third-order valence-corrected chi connectivity index (χ3v) is 8.77. The van der Waals surface area contributed by atoms with Crippen LogP contribution in [-0.2, 0) is 4.57 Å². The maximum Gasteiger partial charge on any atom is 0.172 e. The minimum atomic E-state index is -2.84. The molecule has 5 aromatic rings. The first-order valence-corrected chi connectivity index (χ1v) is 10.5. The summed E-state index contributed by atoms with van der Waals surface area (Å²) in [5, 5.41) is 10.1. The Hall–Kier alpha value is -2.89. The standard InChI is InChI=1S/C24H15OP/c25-26(16-8-2-1-3-9-16)21-14-6-12-19-17-10-4-5-11-18(17)20-13-7-15-22(26)24(20)23(19)21/h1-15H. The first-order valence-electron chi connectivity index (χ1n) is 8.83. The van der Waals surface area contributed by atoms with Crippen LogP contribution in [0.4, 0.5) is 0 Å². The van der Waals surface area contributed by atoms with E-state index in [1.165, 1.54) is 32.3 Å². The first kappa shape index (κ1) is 14.3. The van der Waals surface area contributed by atoms with E-state index in [0.29, 0.717) is 0 Å². The summed E-state index contributed by atoms with van der Waals surface area (Å²) in [6.45, 7) is 0. The van der Waals surface area contributed by atoms with E-state index in [4.69, 9.17) is 0 Å². The second-order valence-electron chi connectivity index (χ2n) is 6.89. The van der Waals surface area contributed by atoms with Crippen LogP contribution in [0.5, 0.6) is 0 Å². The largest absolute Gasteiger partial charge is 0.309 e. The SMILES string of the molecule is O=P1(c2ccccc2)c2cccc3c4ccccc4c4cccc1c4c23. The maximum absolute atomic E-state index is 14.5. The summed E-state index contributed by atoms with van der Waals surface area (Å²) in [4.78, 5) is 0. The van der Waals surface area contributed by atoms with E-state index in [2.05, 4.69) is 60.7 Å². The Kier molecular flexibility index (Phi) is 2.66. The summed E-state index contributed by atoms with van der Waals surface area (Å²) in [6.07, 6.45) is 0. The van der Waals surface area contributed by atoms with Crippen molar-refractivity contribution in [1.82, 2.24) is 0 Å². The molecule has 6 rings (SSSR count). The summed E-state index contributed by atoms with van der Waals surface area (Å²) in [5.74, 6) is 0. The van der Waals surface area contributed by atoms with Gasteiger partial charge in [0.1, 0.15) is 0 Å². The van der Waals surface area contributed by atoms with Gasteiger partial charge in [-0.25, -0.2) is 0 Å². The van der Waals surface area contributed by atoms with Crippen LogP contribution >= 0.6 is 7.14 Å². The van der Waals surface area contributed by atoms with E-state index in [-0.39, 0.29) is 0 Å². The number of hydrogen-bond acceptors (Lipinski definition) is 1. The van der Waals surface area contributed by atoms with Crippen LogP contribution in [-0.4, -0.2) is 0 Å². The zero-order valence-corrected chi connectivity index (χ0v) is 14.9. The topological polar surface area (TPSA) is 17.1 Å². The van der Waals surface area contributed by atoms with Gasteiger partial charge in [0.15, 0.2) is 7.14 Å². The van der Waals surface area contributed by atoms with Crippen molar-refractivity contribution in [2.24, 2.45) is 0 Å². The summed E-state index contributed by atoms with van der Waals surface area (Å²) < 4.78 is 14.5. The van der Waals surface area contributed by atoms with Gasteiger partial charge in [0, 0.05) is 26.7 Å². The molecule has 0 spiro atoms. The molecular weight excluding hydrogens is 335 g/mol. The molecule has 1 aliphatic rings.